The number of nitrogens with zero attached hydrogens (tertiary/aromatic N) is 2. The van der Waals surface area contributed by atoms with E-state index >= 15 is 0 Å². The molecule has 1 fully saturated rings. The van der Waals surface area contributed by atoms with Crippen LogP contribution in [-0.2, 0) is 10.8 Å². The Morgan fingerprint density at radius 2 is 1.71 bits per heavy atom. The lowest BCUT2D eigenvalue weighted by Crippen LogP contribution is -2.31. The van der Waals surface area contributed by atoms with E-state index in [0.29, 0.717) is 23.8 Å². The van der Waals surface area contributed by atoms with Crippen molar-refractivity contribution in [2.75, 3.05) is 13.1 Å². The summed E-state index contributed by atoms with van der Waals surface area (Å²) in [4.78, 5) is 15.3. The first-order valence-corrected chi connectivity index (χ1v) is 10.9. The number of benzene rings is 1. The third-order valence-electron chi connectivity index (χ3n) is 5.49. The number of rotatable bonds is 5. The van der Waals surface area contributed by atoms with Crippen LogP contribution in [0, 0.1) is 5.92 Å². The summed E-state index contributed by atoms with van der Waals surface area (Å²) in [7, 11) is 0. The monoisotopic (exact) mass is 450 g/mol. The van der Waals surface area contributed by atoms with Gasteiger partial charge >= 0.3 is 0 Å². The van der Waals surface area contributed by atoms with E-state index in [1.54, 1.807) is 0 Å². The highest BCUT2D eigenvalue weighted by molar-refractivity contribution is 9.08. The normalized spacial score (nSPS) is 19.5. The molecule has 1 saturated heterocycles. The average molecular weight is 451 g/mol. The van der Waals surface area contributed by atoms with Crippen molar-refractivity contribution in [3.63, 3.8) is 0 Å². The van der Waals surface area contributed by atoms with Crippen LogP contribution in [-0.4, -0.2) is 34.7 Å². The molecule has 1 aliphatic heterocycles. The van der Waals surface area contributed by atoms with Crippen molar-refractivity contribution in [3.8, 4) is 5.75 Å². The lowest BCUT2D eigenvalue weighted by molar-refractivity contribution is 0.0963. The fourth-order valence-electron chi connectivity index (χ4n) is 3.92. The topological polar surface area (TPSA) is 52.9 Å². The average Bonchev–Trinajstić information content (AvgIpc) is 2.94. The molecule has 0 radical (unpaired) electrons. The predicted octanol–water partition coefficient (Wildman–Crippen LogP) is 6.00. The fourth-order valence-corrected chi connectivity index (χ4v) is 4.29. The lowest BCUT2D eigenvalue weighted by Gasteiger charge is -2.28. The number of hydrogen-bond acceptors (Lipinski definition) is 3. The Hall–Kier alpha value is -1.36. The molecule has 4 nitrogen and oxygen atoms in total. The molecule has 0 saturated carbocycles. The summed E-state index contributed by atoms with van der Waals surface area (Å²) in [6.45, 7) is 15.8. The van der Waals surface area contributed by atoms with Gasteiger partial charge in [0.1, 0.15) is 11.6 Å². The molecule has 2 rings (SSSR count). The summed E-state index contributed by atoms with van der Waals surface area (Å²) < 4.78 is 4.24. The predicted molar refractivity (Wildman–Crippen MR) is 121 cm³/mol. The van der Waals surface area contributed by atoms with Crippen molar-refractivity contribution in [2.24, 2.45) is 9.94 Å². The van der Waals surface area contributed by atoms with Gasteiger partial charge in [0.2, 0.25) is 0 Å². The number of carbonyl (C=O) groups excluding carboxylic acids is 1. The number of phenols is 1. The number of aromatic hydroxyl groups is 1. The molecule has 1 atom stereocenters. The molecular formula is C23H35BrN2O2. The van der Waals surface area contributed by atoms with Crippen LogP contribution in [0.5, 0.6) is 5.75 Å². The van der Waals surface area contributed by atoms with E-state index in [2.05, 4.69) is 73.5 Å². The van der Waals surface area contributed by atoms with Gasteiger partial charge in [0, 0.05) is 29.7 Å². The molecule has 5 heteroatoms. The lowest BCUT2D eigenvalue weighted by atomic mass is 9.78. The highest BCUT2D eigenvalue weighted by atomic mass is 79.9. The van der Waals surface area contributed by atoms with Crippen LogP contribution in [0.4, 0.5) is 0 Å². The highest BCUT2D eigenvalue weighted by Gasteiger charge is 2.31. The standard InChI is InChI=1S/C23H35BrN2O2/c1-8-9-15-10-20(25-24)26(13-15)14-19(27)16-11-17(22(2,3)4)21(28)18(12-16)23(5,6)7/h11-12,15,28H,8-10,13-14H2,1-7H3. The van der Waals surface area contributed by atoms with E-state index in [4.69, 9.17) is 0 Å². The van der Waals surface area contributed by atoms with Crippen LogP contribution in [0.2, 0.25) is 0 Å². The maximum Gasteiger partial charge on any atom is 0.182 e. The second kappa shape index (κ2) is 8.56. The summed E-state index contributed by atoms with van der Waals surface area (Å²) in [6.07, 6.45) is 3.21. The van der Waals surface area contributed by atoms with Crippen molar-refractivity contribution < 1.29 is 9.90 Å². The van der Waals surface area contributed by atoms with Gasteiger partial charge in [-0.2, -0.15) is 4.02 Å². The number of halogens is 1. The first-order chi connectivity index (χ1) is 12.9. The fraction of sp³-hybridized carbons (Fsp3) is 0.652. The number of ketones is 1. The third kappa shape index (κ3) is 5.16. The van der Waals surface area contributed by atoms with Gasteiger partial charge in [-0.1, -0.05) is 54.9 Å². The molecule has 1 aromatic carbocycles. The molecule has 156 valence electrons. The van der Waals surface area contributed by atoms with Gasteiger partial charge in [-0.25, -0.2) is 0 Å². The van der Waals surface area contributed by atoms with E-state index in [1.807, 2.05) is 12.1 Å². The summed E-state index contributed by atoms with van der Waals surface area (Å²) in [5, 5.41) is 10.9. The SMILES string of the molecule is CCCC1CC(=NBr)N(CC(=O)c2cc(C(C)(C)C)c(O)c(C(C)(C)C)c2)C1. The van der Waals surface area contributed by atoms with E-state index in [0.717, 1.165) is 42.8 Å². The number of phenolic OH excluding ortho intramolecular Hbond substituents is 1. The van der Waals surface area contributed by atoms with Crippen LogP contribution in [0.25, 0.3) is 0 Å². The summed E-state index contributed by atoms with van der Waals surface area (Å²) in [5.74, 6) is 1.90. The third-order valence-corrected chi connectivity index (χ3v) is 5.90. The Bertz CT molecular complexity index is 722. The minimum atomic E-state index is -0.247. The Morgan fingerprint density at radius 1 is 1.18 bits per heavy atom. The molecule has 28 heavy (non-hydrogen) atoms. The van der Waals surface area contributed by atoms with Crippen molar-refractivity contribution in [1.82, 2.24) is 4.90 Å². The number of hydrogen-bond donors (Lipinski definition) is 1. The summed E-state index contributed by atoms with van der Waals surface area (Å²) in [6, 6.07) is 3.74. The van der Waals surface area contributed by atoms with Gasteiger partial charge in [-0.15, -0.1) is 0 Å². The van der Waals surface area contributed by atoms with Crippen molar-refractivity contribution in [2.45, 2.75) is 78.6 Å². The Balaban J connectivity index is 2.37. The maximum absolute atomic E-state index is 13.2. The summed E-state index contributed by atoms with van der Waals surface area (Å²) >= 11 is 3.23. The number of carbonyl (C=O) groups is 1. The molecule has 1 unspecified atom stereocenters. The van der Waals surface area contributed by atoms with Gasteiger partial charge in [0.25, 0.3) is 0 Å². The van der Waals surface area contributed by atoms with Crippen LogP contribution >= 0.6 is 16.1 Å². The number of likely N-dealkylation sites (tertiary alicyclic amines) is 1. The minimum absolute atomic E-state index is 0.0711. The van der Waals surface area contributed by atoms with Crippen LogP contribution < -0.4 is 0 Å². The Kier molecular flexibility index (Phi) is 7.01. The zero-order valence-corrected chi connectivity index (χ0v) is 20.0. The zero-order chi connectivity index (χ0) is 21.3. The van der Waals surface area contributed by atoms with Gasteiger partial charge in [-0.05, 0) is 35.3 Å². The van der Waals surface area contributed by atoms with Gasteiger partial charge in [-0.3, -0.25) is 4.79 Å². The van der Waals surface area contributed by atoms with Crippen molar-refractivity contribution >= 4 is 27.8 Å². The molecular weight excluding hydrogens is 416 g/mol. The van der Waals surface area contributed by atoms with Crippen molar-refractivity contribution in [1.29, 1.82) is 0 Å². The van der Waals surface area contributed by atoms with Crippen molar-refractivity contribution in [3.05, 3.63) is 28.8 Å². The van der Waals surface area contributed by atoms with Crippen LogP contribution in [0.1, 0.15) is 89.2 Å². The van der Waals surface area contributed by atoms with Gasteiger partial charge in [0.05, 0.1) is 22.7 Å². The largest absolute Gasteiger partial charge is 0.507 e. The molecule has 0 aromatic heterocycles. The maximum atomic E-state index is 13.2. The Morgan fingerprint density at radius 3 is 2.14 bits per heavy atom. The second-order valence-corrected chi connectivity index (χ2v) is 10.4. The molecule has 0 amide bonds. The molecule has 1 aromatic rings. The van der Waals surface area contributed by atoms with Crippen LogP contribution in [0.3, 0.4) is 0 Å². The highest BCUT2D eigenvalue weighted by Crippen LogP contribution is 2.40. The molecule has 1 heterocycles. The van der Waals surface area contributed by atoms with E-state index in [9.17, 15) is 9.90 Å². The quantitative estimate of drug-likeness (QED) is 0.559. The van der Waals surface area contributed by atoms with E-state index in [-0.39, 0.29) is 16.6 Å². The van der Waals surface area contributed by atoms with Gasteiger partial charge < -0.3 is 10.0 Å². The molecule has 0 spiro atoms. The van der Waals surface area contributed by atoms with Gasteiger partial charge in [0.15, 0.2) is 5.78 Å². The molecule has 0 bridgehead atoms. The zero-order valence-electron chi connectivity index (χ0n) is 18.4. The second-order valence-electron chi connectivity index (χ2n) is 10.1. The smallest absolute Gasteiger partial charge is 0.182 e. The number of Topliss-reactive ketones (excluding diaryl/α,β-unsaturated/α-hetero) is 1. The molecule has 0 aliphatic carbocycles. The Labute approximate surface area is 178 Å². The molecule has 1 N–H and O–H groups in total. The summed E-state index contributed by atoms with van der Waals surface area (Å²) in [5.41, 5.74) is 1.82. The first-order valence-electron chi connectivity index (χ1n) is 10.2. The number of amidine groups is 1. The van der Waals surface area contributed by atoms with E-state index in [1.165, 1.54) is 0 Å². The minimum Gasteiger partial charge on any atom is -0.507 e. The molecule has 1 aliphatic rings. The van der Waals surface area contributed by atoms with E-state index < -0.39 is 0 Å². The van der Waals surface area contributed by atoms with Crippen LogP contribution in [0.15, 0.2) is 16.2 Å². The first kappa shape index (κ1) is 22.9.